The highest BCUT2D eigenvalue weighted by molar-refractivity contribution is 5.39. The van der Waals surface area contributed by atoms with Gasteiger partial charge in [-0.05, 0) is 36.5 Å². The van der Waals surface area contributed by atoms with Crippen LogP contribution in [-0.4, -0.2) is 11.4 Å². The summed E-state index contributed by atoms with van der Waals surface area (Å²) in [4.78, 5) is 2.59. The minimum Gasteiger partial charge on any atom is -0.326 e. The van der Waals surface area contributed by atoms with Crippen LogP contribution in [0.4, 0.5) is 0 Å². The molecule has 0 fully saturated rings. The highest BCUT2D eigenvalue weighted by Crippen LogP contribution is 2.42. The molecule has 0 radical (unpaired) electrons. The van der Waals surface area contributed by atoms with Crippen molar-refractivity contribution in [2.24, 2.45) is 11.7 Å². The van der Waals surface area contributed by atoms with Crippen molar-refractivity contribution in [2.45, 2.75) is 46.3 Å². The zero-order chi connectivity index (χ0) is 12.6. The minimum absolute atomic E-state index is 0.522. The maximum absolute atomic E-state index is 5.73. The molecule has 1 aromatic carbocycles. The van der Waals surface area contributed by atoms with Crippen LogP contribution in [0.3, 0.4) is 0 Å². The lowest BCUT2D eigenvalue weighted by molar-refractivity contribution is 0.162. The van der Waals surface area contributed by atoms with Crippen molar-refractivity contribution < 1.29 is 0 Å². The Labute approximate surface area is 105 Å². The number of nitrogens with two attached hydrogens (primary N) is 1. The Morgan fingerprint density at radius 3 is 2.41 bits per heavy atom. The molecule has 0 saturated heterocycles. The van der Waals surface area contributed by atoms with Crippen molar-refractivity contribution in [3.8, 4) is 0 Å². The fourth-order valence-corrected chi connectivity index (χ4v) is 2.92. The van der Waals surface area contributed by atoms with Crippen LogP contribution in [0.5, 0.6) is 0 Å². The lowest BCUT2D eigenvalue weighted by Crippen LogP contribution is -2.27. The topological polar surface area (TPSA) is 29.3 Å². The van der Waals surface area contributed by atoms with Gasteiger partial charge in [-0.2, -0.15) is 0 Å². The SMILES string of the molecule is CC(C)CN1C(C)c2ccc(CN)cc2C1C. The summed E-state index contributed by atoms with van der Waals surface area (Å²) in [6.07, 6.45) is 0. The van der Waals surface area contributed by atoms with Gasteiger partial charge in [-0.15, -0.1) is 0 Å². The van der Waals surface area contributed by atoms with Gasteiger partial charge < -0.3 is 5.73 Å². The molecule has 2 unspecified atom stereocenters. The molecule has 94 valence electrons. The van der Waals surface area contributed by atoms with E-state index in [2.05, 4.69) is 50.8 Å². The van der Waals surface area contributed by atoms with Crippen molar-refractivity contribution in [1.82, 2.24) is 4.90 Å². The van der Waals surface area contributed by atoms with Gasteiger partial charge in [-0.25, -0.2) is 0 Å². The number of fused-ring (bicyclic) bond motifs is 1. The van der Waals surface area contributed by atoms with Crippen molar-refractivity contribution in [1.29, 1.82) is 0 Å². The number of nitrogens with zero attached hydrogens (tertiary/aromatic N) is 1. The summed E-state index contributed by atoms with van der Waals surface area (Å²) >= 11 is 0. The van der Waals surface area contributed by atoms with E-state index in [0.29, 0.717) is 24.5 Å². The predicted molar refractivity (Wildman–Crippen MR) is 72.7 cm³/mol. The Hall–Kier alpha value is -0.860. The highest BCUT2D eigenvalue weighted by Gasteiger charge is 2.32. The zero-order valence-corrected chi connectivity index (χ0v) is 11.4. The van der Waals surface area contributed by atoms with Gasteiger partial charge in [0.1, 0.15) is 0 Å². The molecule has 1 aliphatic heterocycles. The molecule has 0 aromatic heterocycles. The molecule has 17 heavy (non-hydrogen) atoms. The van der Waals surface area contributed by atoms with Crippen molar-refractivity contribution in [2.75, 3.05) is 6.54 Å². The molecule has 1 aliphatic rings. The van der Waals surface area contributed by atoms with E-state index in [-0.39, 0.29) is 0 Å². The van der Waals surface area contributed by atoms with Crippen molar-refractivity contribution >= 4 is 0 Å². The molecule has 2 heteroatoms. The van der Waals surface area contributed by atoms with Crippen LogP contribution in [0.25, 0.3) is 0 Å². The summed E-state index contributed by atoms with van der Waals surface area (Å²) in [6, 6.07) is 7.78. The Balaban J connectivity index is 2.31. The van der Waals surface area contributed by atoms with Crippen LogP contribution in [0.1, 0.15) is 56.5 Å². The molecule has 0 aliphatic carbocycles. The van der Waals surface area contributed by atoms with E-state index in [1.165, 1.54) is 16.7 Å². The average molecular weight is 232 g/mol. The third-order valence-corrected chi connectivity index (χ3v) is 3.86. The number of hydrogen-bond acceptors (Lipinski definition) is 2. The summed E-state index contributed by atoms with van der Waals surface area (Å²) in [5.41, 5.74) is 9.93. The van der Waals surface area contributed by atoms with E-state index in [1.54, 1.807) is 0 Å². The lowest BCUT2D eigenvalue weighted by atomic mass is 10.0. The number of hydrogen-bond donors (Lipinski definition) is 1. The van der Waals surface area contributed by atoms with E-state index >= 15 is 0 Å². The van der Waals surface area contributed by atoms with Gasteiger partial charge in [0.15, 0.2) is 0 Å². The van der Waals surface area contributed by atoms with Gasteiger partial charge in [-0.3, -0.25) is 4.90 Å². The summed E-state index contributed by atoms with van der Waals surface area (Å²) in [5, 5.41) is 0. The highest BCUT2D eigenvalue weighted by atomic mass is 15.2. The van der Waals surface area contributed by atoms with Gasteiger partial charge >= 0.3 is 0 Å². The minimum atomic E-state index is 0.522. The van der Waals surface area contributed by atoms with Crippen LogP contribution in [0.2, 0.25) is 0 Å². The van der Waals surface area contributed by atoms with Gasteiger partial charge in [0.2, 0.25) is 0 Å². The Kier molecular flexibility index (Phi) is 3.55. The molecule has 1 aromatic rings. The summed E-state index contributed by atoms with van der Waals surface area (Å²) in [5.74, 6) is 0.711. The van der Waals surface area contributed by atoms with Crippen LogP contribution in [0, 0.1) is 5.92 Å². The van der Waals surface area contributed by atoms with Crippen LogP contribution in [0.15, 0.2) is 18.2 Å². The van der Waals surface area contributed by atoms with Crippen molar-refractivity contribution in [3.63, 3.8) is 0 Å². The second-order valence-electron chi connectivity index (χ2n) is 5.61. The molecule has 0 amide bonds. The number of rotatable bonds is 3. The molecule has 0 saturated carbocycles. The zero-order valence-electron chi connectivity index (χ0n) is 11.4. The normalized spacial score (nSPS) is 24.4. The smallest absolute Gasteiger partial charge is 0.0329 e. The first-order valence-electron chi connectivity index (χ1n) is 6.63. The van der Waals surface area contributed by atoms with Crippen molar-refractivity contribution in [3.05, 3.63) is 34.9 Å². The van der Waals surface area contributed by atoms with Gasteiger partial charge in [0.05, 0.1) is 0 Å². The third-order valence-electron chi connectivity index (χ3n) is 3.86. The predicted octanol–water partition coefficient (Wildman–Crippen LogP) is 3.24. The van der Waals surface area contributed by atoms with E-state index in [4.69, 9.17) is 5.73 Å². The number of benzene rings is 1. The maximum atomic E-state index is 5.73. The molecular weight excluding hydrogens is 208 g/mol. The molecule has 0 bridgehead atoms. The third kappa shape index (κ3) is 2.24. The quantitative estimate of drug-likeness (QED) is 0.867. The lowest BCUT2D eigenvalue weighted by Gasteiger charge is -2.28. The molecule has 2 nitrogen and oxygen atoms in total. The second kappa shape index (κ2) is 4.79. The van der Waals surface area contributed by atoms with Gasteiger partial charge in [0.25, 0.3) is 0 Å². The Morgan fingerprint density at radius 2 is 1.82 bits per heavy atom. The van der Waals surface area contributed by atoms with E-state index < -0.39 is 0 Å². The molecule has 2 N–H and O–H groups in total. The molecule has 2 rings (SSSR count). The maximum Gasteiger partial charge on any atom is 0.0329 e. The van der Waals surface area contributed by atoms with Gasteiger partial charge in [-0.1, -0.05) is 32.0 Å². The monoisotopic (exact) mass is 232 g/mol. The first kappa shape index (κ1) is 12.6. The first-order chi connectivity index (χ1) is 8.04. The molecule has 1 heterocycles. The van der Waals surface area contributed by atoms with Crippen LogP contribution < -0.4 is 5.73 Å². The van der Waals surface area contributed by atoms with E-state index in [1.807, 2.05) is 0 Å². The largest absolute Gasteiger partial charge is 0.326 e. The summed E-state index contributed by atoms with van der Waals surface area (Å²) in [6.45, 7) is 11.0. The fraction of sp³-hybridized carbons (Fsp3) is 0.600. The Bertz CT molecular complexity index is 398. The summed E-state index contributed by atoms with van der Waals surface area (Å²) in [7, 11) is 0. The summed E-state index contributed by atoms with van der Waals surface area (Å²) < 4.78 is 0. The fourth-order valence-electron chi connectivity index (χ4n) is 2.92. The second-order valence-corrected chi connectivity index (χ2v) is 5.61. The van der Waals surface area contributed by atoms with Gasteiger partial charge in [0, 0.05) is 25.2 Å². The first-order valence-corrected chi connectivity index (χ1v) is 6.63. The molecule has 0 spiro atoms. The van der Waals surface area contributed by atoms with Crippen LogP contribution >= 0.6 is 0 Å². The van der Waals surface area contributed by atoms with E-state index in [0.717, 1.165) is 6.54 Å². The van der Waals surface area contributed by atoms with E-state index in [9.17, 15) is 0 Å². The standard InChI is InChI=1S/C15H24N2/c1-10(2)9-17-11(3)14-6-5-13(8-16)7-15(14)12(17)4/h5-7,10-12H,8-9,16H2,1-4H3. The average Bonchev–Trinajstić information content (AvgIpc) is 2.53. The van der Waals surface area contributed by atoms with Crippen LogP contribution in [-0.2, 0) is 6.54 Å². The molecule has 2 atom stereocenters. The molecular formula is C15H24N2. The Morgan fingerprint density at radius 1 is 1.18 bits per heavy atom.